The Morgan fingerprint density at radius 1 is 0.893 bits per heavy atom. The third kappa shape index (κ3) is 4.39. The highest BCUT2D eigenvalue weighted by atomic mass is 16.5. The topological polar surface area (TPSA) is 104 Å². The zero-order chi connectivity index (χ0) is 20.7. The summed E-state index contributed by atoms with van der Waals surface area (Å²) < 4.78 is 15.5. The fourth-order valence-electron chi connectivity index (χ4n) is 2.99. The van der Waals surface area contributed by atoms with Crippen molar-refractivity contribution < 1.29 is 28.6 Å². The predicted octanol–water partition coefficient (Wildman–Crippen LogP) is 1.99. The molecule has 0 amide bonds. The molecule has 0 spiro atoms. The summed E-state index contributed by atoms with van der Waals surface area (Å²) in [7, 11) is 0. The van der Waals surface area contributed by atoms with Gasteiger partial charge in [0.2, 0.25) is 0 Å². The molecule has 1 aliphatic rings. The maximum atomic E-state index is 12.8. The van der Waals surface area contributed by atoms with Gasteiger partial charge in [-0.1, -0.05) is 0 Å². The summed E-state index contributed by atoms with van der Waals surface area (Å²) in [5.74, 6) is -2.86. The van der Waals surface area contributed by atoms with E-state index in [2.05, 4.69) is 10.3 Å². The number of ether oxygens (including phenoxy) is 3. The van der Waals surface area contributed by atoms with Crippen molar-refractivity contribution in [3.05, 3.63) is 52.6 Å². The van der Waals surface area contributed by atoms with Crippen LogP contribution in [0, 0.1) is 0 Å². The fraction of sp³-hybridized carbons (Fsp3) is 0.400. The lowest BCUT2D eigenvalue weighted by molar-refractivity contribution is -0.143. The number of allylic oxidation sites excluding steroid dienone is 1. The van der Waals surface area contributed by atoms with Crippen molar-refractivity contribution in [1.29, 1.82) is 0 Å². The number of aromatic nitrogens is 1. The Morgan fingerprint density at radius 3 is 1.93 bits per heavy atom. The van der Waals surface area contributed by atoms with E-state index in [1.165, 1.54) is 0 Å². The number of nitrogens with zero attached hydrogens (tertiary/aromatic N) is 1. The number of carbonyl (C=O) groups excluding carboxylic acids is 3. The molecule has 2 heterocycles. The third-order valence-electron chi connectivity index (χ3n) is 4.07. The lowest BCUT2D eigenvalue weighted by atomic mass is 9.80. The van der Waals surface area contributed by atoms with Crippen LogP contribution in [0.1, 0.15) is 39.2 Å². The highest BCUT2D eigenvalue weighted by Crippen LogP contribution is 2.39. The maximum Gasteiger partial charge on any atom is 0.355 e. The lowest BCUT2D eigenvalue weighted by Crippen LogP contribution is -2.36. The van der Waals surface area contributed by atoms with Gasteiger partial charge in [-0.15, -0.1) is 0 Å². The normalized spacial score (nSPS) is 16.4. The van der Waals surface area contributed by atoms with Crippen LogP contribution in [0.5, 0.6) is 0 Å². The molecular formula is C20H24N2O6. The van der Waals surface area contributed by atoms with Crippen LogP contribution in [0.2, 0.25) is 0 Å². The Morgan fingerprint density at radius 2 is 1.39 bits per heavy atom. The Hall–Kier alpha value is -3.16. The minimum Gasteiger partial charge on any atom is -0.463 e. The standard InChI is InChI=1S/C20H24N2O6/c1-5-26-18(23)14-12(4)22-17(20(25)28-7-3)16(19(24)27-6-2)15(14)13-8-10-21-11-9-13/h8-11,15,22H,5-7H2,1-4H3. The maximum absolute atomic E-state index is 12.8. The van der Waals surface area contributed by atoms with Crippen LogP contribution >= 0.6 is 0 Å². The first kappa shape index (κ1) is 21.1. The van der Waals surface area contributed by atoms with E-state index in [0.717, 1.165) is 0 Å². The van der Waals surface area contributed by atoms with Gasteiger partial charge in [0.15, 0.2) is 0 Å². The van der Waals surface area contributed by atoms with Crippen molar-refractivity contribution in [3.8, 4) is 0 Å². The van der Waals surface area contributed by atoms with Gasteiger partial charge in [0, 0.05) is 18.1 Å². The van der Waals surface area contributed by atoms with E-state index in [1.54, 1.807) is 52.2 Å². The van der Waals surface area contributed by atoms with E-state index in [-0.39, 0.29) is 36.7 Å². The summed E-state index contributed by atoms with van der Waals surface area (Å²) in [6.07, 6.45) is 3.09. The van der Waals surface area contributed by atoms with Crippen molar-refractivity contribution in [3.63, 3.8) is 0 Å². The molecule has 1 aromatic rings. The number of hydrogen-bond donors (Lipinski definition) is 1. The molecule has 28 heavy (non-hydrogen) atoms. The number of carbonyl (C=O) groups is 3. The van der Waals surface area contributed by atoms with Crippen LogP contribution in [0.25, 0.3) is 0 Å². The van der Waals surface area contributed by atoms with Crippen LogP contribution in [0.15, 0.2) is 47.1 Å². The average Bonchev–Trinajstić information content (AvgIpc) is 2.68. The van der Waals surface area contributed by atoms with Gasteiger partial charge in [-0.05, 0) is 45.4 Å². The van der Waals surface area contributed by atoms with Crippen LogP contribution in [-0.4, -0.2) is 42.7 Å². The number of nitrogens with one attached hydrogen (secondary N) is 1. The van der Waals surface area contributed by atoms with E-state index in [1.807, 2.05) is 0 Å². The second-order valence-electron chi connectivity index (χ2n) is 5.83. The van der Waals surface area contributed by atoms with Gasteiger partial charge in [-0.3, -0.25) is 4.98 Å². The van der Waals surface area contributed by atoms with Gasteiger partial charge in [0.05, 0.1) is 36.9 Å². The van der Waals surface area contributed by atoms with Gasteiger partial charge in [0.1, 0.15) is 5.70 Å². The van der Waals surface area contributed by atoms with Crippen molar-refractivity contribution in [2.75, 3.05) is 19.8 Å². The molecule has 1 aliphatic heterocycles. The Balaban J connectivity index is 2.72. The molecular weight excluding hydrogens is 364 g/mol. The largest absolute Gasteiger partial charge is 0.463 e. The molecule has 0 bridgehead atoms. The van der Waals surface area contributed by atoms with Gasteiger partial charge < -0.3 is 19.5 Å². The number of dihydropyridines is 1. The fourth-order valence-corrected chi connectivity index (χ4v) is 2.99. The van der Waals surface area contributed by atoms with Crippen molar-refractivity contribution in [1.82, 2.24) is 10.3 Å². The molecule has 1 N–H and O–H groups in total. The van der Waals surface area contributed by atoms with Crippen LogP contribution in [-0.2, 0) is 28.6 Å². The van der Waals surface area contributed by atoms with E-state index < -0.39 is 23.8 Å². The zero-order valence-electron chi connectivity index (χ0n) is 16.4. The summed E-state index contributed by atoms with van der Waals surface area (Å²) in [6.45, 7) is 7.07. The molecule has 0 aliphatic carbocycles. The predicted molar refractivity (Wildman–Crippen MR) is 99.7 cm³/mol. The highest BCUT2D eigenvalue weighted by Gasteiger charge is 2.41. The van der Waals surface area contributed by atoms with E-state index in [9.17, 15) is 14.4 Å². The highest BCUT2D eigenvalue weighted by molar-refractivity contribution is 6.06. The molecule has 1 aromatic heterocycles. The van der Waals surface area contributed by atoms with Gasteiger partial charge in [0.25, 0.3) is 0 Å². The van der Waals surface area contributed by atoms with Crippen molar-refractivity contribution >= 4 is 17.9 Å². The number of rotatable bonds is 7. The summed E-state index contributed by atoms with van der Waals surface area (Å²) in [5, 5.41) is 2.85. The third-order valence-corrected chi connectivity index (χ3v) is 4.07. The van der Waals surface area contributed by atoms with E-state index >= 15 is 0 Å². The minimum atomic E-state index is -0.859. The first-order valence-corrected chi connectivity index (χ1v) is 9.09. The van der Waals surface area contributed by atoms with E-state index in [4.69, 9.17) is 14.2 Å². The molecule has 0 radical (unpaired) electrons. The van der Waals surface area contributed by atoms with Crippen molar-refractivity contribution in [2.45, 2.75) is 33.6 Å². The number of hydrogen-bond acceptors (Lipinski definition) is 8. The minimum absolute atomic E-state index is 0.000142. The first-order chi connectivity index (χ1) is 13.5. The molecule has 0 saturated carbocycles. The SMILES string of the molecule is CCOC(=O)C1=C(C(=O)OCC)C(c2ccncc2)C(C(=O)OCC)=C(C)N1. The Kier molecular flexibility index (Phi) is 7.31. The van der Waals surface area contributed by atoms with Gasteiger partial charge in [-0.25, -0.2) is 14.4 Å². The quantitative estimate of drug-likeness (QED) is 0.559. The monoisotopic (exact) mass is 388 g/mol. The summed E-state index contributed by atoms with van der Waals surface area (Å²) in [4.78, 5) is 42.0. The molecule has 2 rings (SSSR count). The Labute approximate surface area is 163 Å². The number of pyridine rings is 1. The summed E-state index contributed by atoms with van der Waals surface area (Å²) in [6, 6.07) is 3.34. The number of esters is 3. The smallest absolute Gasteiger partial charge is 0.355 e. The lowest BCUT2D eigenvalue weighted by Gasteiger charge is -2.30. The molecule has 0 saturated heterocycles. The summed E-state index contributed by atoms with van der Waals surface area (Å²) >= 11 is 0. The first-order valence-electron chi connectivity index (χ1n) is 9.09. The van der Waals surface area contributed by atoms with Gasteiger partial charge in [-0.2, -0.15) is 0 Å². The molecule has 8 heteroatoms. The van der Waals surface area contributed by atoms with Gasteiger partial charge >= 0.3 is 17.9 Å². The molecule has 150 valence electrons. The average molecular weight is 388 g/mol. The van der Waals surface area contributed by atoms with Crippen molar-refractivity contribution in [2.24, 2.45) is 0 Å². The molecule has 1 atom stereocenters. The molecule has 8 nitrogen and oxygen atoms in total. The summed E-state index contributed by atoms with van der Waals surface area (Å²) in [5.41, 5.74) is 1.18. The zero-order valence-corrected chi connectivity index (χ0v) is 16.4. The molecule has 1 unspecified atom stereocenters. The van der Waals surface area contributed by atoms with E-state index in [0.29, 0.717) is 11.3 Å². The second-order valence-corrected chi connectivity index (χ2v) is 5.83. The van der Waals surface area contributed by atoms with Crippen LogP contribution < -0.4 is 5.32 Å². The second kappa shape index (κ2) is 9.68. The van der Waals surface area contributed by atoms with Crippen LogP contribution in [0.4, 0.5) is 0 Å². The molecule has 0 aromatic carbocycles. The van der Waals surface area contributed by atoms with Crippen LogP contribution in [0.3, 0.4) is 0 Å². The molecule has 0 fully saturated rings. The Bertz CT molecular complexity index is 813.